The van der Waals surface area contributed by atoms with Crippen LogP contribution < -0.4 is 16.3 Å². The van der Waals surface area contributed by atoms with Crippen LogP contribution in [0.15, 0.2) is 54.0 Å². The average molecular weight is 588 g/mol. The normalized spacial score (nSPS) is 17.1. The van der Waals surface area contributed by atoms with Gasteiger partial charge in [-0.3, -0.25) is 9.78 Å². The van der Waals surface area contributed by atoms with Gasteiger partial charge in [0.25, 0.3) is 0 Å². The number of amides is 1. The second kappa shape index (κ2) is 11.5. The van der Waals surface area contributed by atoms with Crippen LogP contribution in [0.3, 0.4) is 0 Å². The van der Waals surface area contributed by atoms with Crippen LogP contribution in [0.4, 0.5) is 20.3 Å². The minimum absolute atomic E-state index is 0.0492. The molecule has 1 aliphatic heterocycles. The largest absolute Gasteiger partial charge is 0.398 e. The van der Waals surface area contributed by atoms with Gasteiger partial charge in [-0.15, -0.1) is 0 Å². The maximum Gasteiger partial charge on any atom is 0.355 e. The number of rotatable bonds is 6. The number of nitrogens with two attached hydrogens (primary N) is 1. The predicted molar refractivity (Wildman–Crippen MR) is 164 cm³/mol. The van der Waals surface area contributed by atoms with E-state index in [1.807, 2.05) is 39.5 Å². The Hall–Kier alpha value is -4.67. The number of carbonyl (C=O) groups excluding carboxylic acids is 1. The van der Waals surface area contributed by atoms with Gasteiger partial charge in [-0.2, -0.15) is 4.98 Å². The summed E-state index contributed by atoms with van der Waals surface area (Å²) in [5, 5.41) is 0.309. The van der Waals surface area contributed by atoms with Crippen LogP contribution in [0.1, 0.15) is 56.1 Å². The highest BCUT2D eigenvalue weighted by Crippen LogP contribution is 2.32. The lowest BCUT2D eigenvalue weighted by molar-refractivity contribution is -0.130. The molecule has 9 nitrogen and oxygen atoms in total. The second-order valence-corrected chi connectivity index (χ2v) is 11.4. The molecule has 1 aliphatic rings. The quantitative estimate of drug-likeness (QED) is 0.258. The lowest BCUT2D eigenvalue weighted by Gasteiger charge is -2.44. The molecule has 43 heavy (non-hydrogen) atoms. The van der Waals surface area contributed by atoms with Crippen molar-refractivity contribution in [3.8, 4) is 5.69 Å². The minimum Gasteiger partial charge on any atom is -0.398 e. The molecule has 1 amide bonds. The standard InChI is InChI=1S/C32H35F2N7O2/c1-7-27(42)40-19(5)15-39(16-20(40)6)30-22-13-24(34)26(14-21-23(33)9-8-10-25(21)35)37-31(22)41(32(43)38-30)29-18(4)11-12-36-28(29)17(2)3/h7-13,17,19-20H,1,14-16,35H2,2-6H3/t19-,20+. The minimum atomic E-state index is -0.683. The summed E-state index contributed by atoms with van der Waals surface area (Å²) in [6, 6.07) is 6.90. The fourth-order valence-electron chi connectivity index (χ4n) is 5.96. The predicted octanol–water partition coefficient (Wildman–Crippen LogP) is 4.67. The fraction of sp³-hybridized carbons (Fsp3) is 0.344. The maximum absolute atomic E-state index is 15.9. The van der Waals surface area contributed by atoms with Crippen molar-refractivity contribution < 1.29 is 13.6 Å². The summed E-state index contributed by atoms with van der Waals surface area (Å²) in [5.74, 6) is -1.24. The molecule has 0 radical (unpaired) electrons. The van der Waals surface area contributed by atoms with Crippen LogP contribution in [-0.4, -0.2) is 55.5 Å². The number of carbonyl (C=O) groups is 1. The summed E-state index contributed by atoms with van der Waals surface area (Å²) in [4.78, 5) is 43.8. The number of halogens is 2. The van der Waals surface area contributed by atoms with Crippen LogP contribution in [0.5, 0.6) is 0 Å². The van der Waals surface area contributed by atoms with Crippen molar-refractivity contribution in [1.82, 2.24) is 24.4 Å². The molecule has 0 aliphatic carbocycles. The van der Waals surface area contributed by atoms with E-state index < -0.39 is 17.3 Å². The van der Waals surface area contributed by atoms with Crippen LogP contribution in [0, 0.1) is 18.6 Å². The van der Waals surface area contributed by atoms with E-state index in [1.165, 1.54) is 28.8 Å². The Labute approximate surface area is 248 Å². The van der Waals surface area contributed by atoms with Crippen molar-refractivity contribution in [2.75, 3.05) is 23.7 Å². The molecule has 0 unspecified atom stereocenters. The maximum atomic E-state index is 15.9. The highest BCUT2D eigenvalue weighted by atomic mass is 19.1. The first-order valence-electron chi connectivity index (χ1n) is 14.2. The first-order chi connectivity index (χ1) is 20.4. The molecule has 0 spiro atoms. The van der Waals surface area contributed by atoms with Crippen LogP contribution in [-0.2, 0) is 11.2 Å². The average Bonchev–Trinajstić information content (AvgIpc) is 2.95. The summed E-state index contributed by atoms with van der Waals surface area (Å²) >= 11 is 0. The van der Waals surface area contributed by atoms with E-state index in [1.54, 1.807) is 23.2 Å². The van der Waals surface area contributed by atoms with Crippen LogP contribution >= 0.6 is 0 Å². The third-order valence-electron chi connectivity index (χ3n) is 7.95. The third-order valence-corrected chi connectivity index (χ3v) is 7.95. The lowest BCUT2D eigenvalue weighted by Crippen LogP contribution is -2.58. The highest BCUT2D eigenvalue weighted by Gasteiger charge is 2.34. The second-order valence-electron chi connectivity index (χ2n) is 11.4. The molecule has 4 aromatic rings. The van der Waals surface area contributed by atoms with Gasteiger partial charge in [0.05, 0.1) is 22.5 Å². The number of piperazine rings is 1. The number of hydrogen-bond acceptors (Lipinski definition) is 7. The number of aryl methyl sites for hydroxylation is 1. The molecule has 2 N–H and O–H groups in total. The molecule has 2 atom stereocenters. The monoisotopic (exact) mass is 587 g/mol. The number of anilines is 2. The summed E-state index contributed by atoms with van der Waals surface area (Å²) in [6.07, 6.45) is 2.74. The number of fused-ring (bicyclic) bond motifs is 1. The van der Waals surface area contributed by atoms with E-state index >= 15 is 4.39 Å². The molecule has 11 heteroatoms. The summed E-state index contributed by atoms with van der Waals surface area (Å²) in [5.41, 5.74) is 7.76. The Morgan fingerprint density at radius 1 is 1.14 bits per heavy atom. The zero-order valence-electron chi connectivity index (χ0n) is 24.9. The zero-order chi connectivity index (χ0) is 31.2. The number of nitrogen functional groups attached to an aromatic ring is 1. The number of aromatic nitrogens is 4. The van der Waals surface area contributed by atoms with Crippen molar-refractivity contribution in [2.24, 2.45) is 0 Å². The van der Waals surface area contributed by atoms with Gasteiger partial charge in [0.2, 0.25) is 5.91 Å². The van der Waals surface area contributed by atoms with Crippen LogP contribution in [0.25, 0.3) is 16.7 Å². The van der Waals surface area contributed by atoms with E-state index in [9.17, 15) is 14.0 Å². The summed E-state index contributed by atoms with van der Waals surface area (Å²) in [7, 11) is 0. The topological polar surface area (TPSA) is 110 Å². The molecule has 0 saturated carbocycles. The first-order valence-corrected chi connectivity index (χ1v) is 14.2. The van der Waals surface area contributed by atoms with E-state index in [-0.39, 0.29) is 58.7 Å². The van der Waals surface area contributed by atoms with E-state index in [0.717, 1.165) is 5.56 Å². The summed E-state index contributed by atoms with van der Waals surface area (Å²) in [6.45, 7) is 13.9. The Morgan fingerprint density at radius 3 is 2.47 bits per heavy atom. The third kappa shape index (κ3) is 5.35. The molecule has 0 bridgehead atoms. The van der Waals surface area contributed by atoms with Gasteiger partial charge in [-0.1, -0.05) is 26.5 Å². The van der Waals surface area contributed by atoms with Gasteiger partial charge in [-0.25, -0.2) is 23.1 Å². The van der Waals surface area contributed by atoms with Crippen molar-refractivity contribution in [3.63, 3.8) is 0 Å². The van der Waals surface area contributed by atoms with Gasteiger partial charge in [0, 0.05) is 49.0 Å². The molecule has 5 rings (SSSR count). The Kier molecular flexibility index (Phi) is 8.00. The smallest absolute Gasteiger partial charge is 0.355 e. The Morgan fingerprint density at radius 2 is 1.84 bits per heavy atom. The van der Waals surface area contributed by atoms with E-state index in [0.29, 0.717) is 29.9 Å². The van der Waals surface area contributed by atoms with Gasteiger partial charge in [-0.05, 0) is 62.6 Å². The molecule has 3 aromatic heterocycles. The number of nitrogens with zero attached hydrogens (tertiary/aromatic N) is 6. The fourth-order valence-corrected chi connectivity index (χ4v) is 5.96. The SMILES string of the molecule is C=CC(=O)N1[C@H](C)CN(c2nc(=O)n(-c3c(C)ccnc3C(C)C)c3nc(Cc4c(N)cccc4F)c(F)cc23)C[C@@H]1C. The number of hydrogen-bond donors (Lipinski definition) is 1. The van der Waals surface area contributed by atoms with Gasteiger partial charge in [0.15, 0.2) is 5.65 Å². The number of pyridine rings is 2. The highest BCUT2D eigenvalue weighted by molar-refractivity contribution is 5.90. The molecule has 224 valence electrons. The van der Waals surface area contributed by atoms with Crippen molar-refractivity contribution in [3.05, 3.63) is 93.8 Å². The van der Waals surface area contributed by atoms with Crippen molar-refractivity contribution >= 4 is 28.4 Å². The molecular formula is C32H35F2N7O2. The van der Waals surface area contributed by atoms with Gasteiger partial charge < -0.3 is 15.5 Å². The Balaban J connectivity index is 1.77. The molecule has 1 fully saturated rings. The Bertz CT molecular complexity index is 1770. The van der Waals surface area contributed by atoms with Crippen LogP contribution in [0.2, 0.25) is 0 Å². The van der Waals surface area contributed by atoms with E-state index in [4.69, 9.17) is 5.73 Å². The van der Waals surface area contributed by atoms with Gasteiger partial charge in [0.1, 0.15) is 17.5 Å². The molecule has 1 aromatic carbocycles. The van der Waals surface area contributed by atoms with Crippen molar-refractivity contribution in [1.29, 1.82) is 0 Å². The molecular weight excluding hydrogens is 552 g/mol. The van der Waals surface area contributed by atoms with E-state index in [2.05, 4.69) is 21.5 Å². The molecule has 4 heterocycles. The summed E-state index contributed by atoms with van der Waals surface area (Å²) < 4.78 is 32.0. The first kappa shape index (κ1) is 29.8. The van der Waals surface area contributed by atoms with Gasteiger partial charge >= 0.3 is 5.69 Å². The number of benzene rings is 1. The van der Waals surface area contributed by atoms with Crippen molar-refractivity contribution in [2.45, 2.75) is 59.0 Å². The lowest BCUT2D eigenvalue weighted by atomic mass is 10.0. The zero-order valence-corrected chi connectivity index (χ0v) is 24.9. The molecule has 1 saturated heterocycles.